The van der Waals surface area contributed by atoms with E-state index in [0.29, 0.717) is 53.8 Å². The first-order chi connectivity index (χ1) is 14.3. The van der Waals surface area contributed by atoms with Crippen molar-refractivity contribution in [2.45, 2.75) is 26.2 Å². The Morgan fingerprint density at radius 3 is 2.03 bits per heavy atom. The van der Waals surface area contributed by atoms with E-state index in [1.165, 1.54) is 4.90 Å². The summed E-state index contributed by atoms with van der Waals surface area (Å²) in [4.78, 5) is 30.2. The second-order valence-corrected chi connectivity index (χ2v) is 9.01. The van der Waals surface area contributed by atoms with E-state index < -0.39 is 0 Å². The van der Waals surface area contributed by atoms with E-state index in [1.807, 2.05) is 29.2 Å². The second kappa shape index (κ2) is 7.89. The third kappa shape index (κ3) is 3.75. The zero-order valence-electron chi connectivity index (χ0n) is 17.4. The number of rotatable bonds is 3. The van der Waals surface area contributed by atoms with Crippen LogP contribution in [0.1, 0.15) is 31.9 Å². The van der Waals surface area contributed by atoms with Crippen LogP contribution in [0, 0.1) is 0 Å². The molecule has 0 unspecified atom stereocenters. The molecular formula is C24H25ClN2O3. The van der Waals surface area contributed by atoms with Gasteiger partial charge < -0.3 is 9.64 Å². The standard InChI is InChI=1S/C24H25ClN2O3/c1-24(2,3)17-6-10-19(11-7-17)27-22(28)20(16-4-8-18(25)9-5-16)21(23(27)29)26-12-14-30-15-13-26/h4-11H,12-15H2,1-3H3. The summed E-state index contributed by atoms with van der Waals surface area (Å²) in [5, 5.41) is 0.582. The van der Waals surface area contributed by atoms with Gasteiger partial charge in [-0.2, -0.15) is 0 Å². The predicted molar refractivity (Wildman–Crippen MR) is 118 cm³/mol. The minimum absolute atomic E-state index is 0.0107. The predicted octanol–water partition coefficient (Wildman–Crippen LogP) is 4.25. The van der Waals surface area contributed by atoms with E-state index >= 15 is 0 Å². The lowest BCUT2D eigenvalue weighted by Crippen LogP contribution is -2.40. The number of halogens is 1. The summed E-state index contributed by atoms with van der Waals surface area (Å²) in [5.74, 6) is -0.609. The number of ether oxygens (including phenoxy) is 1. The maximum Gasteiger partial charge on any atom is 0.282 e. The molecule has 2 amide bonds. The van der Waals surface area contributed by atoms with Crippen molar-refractivity contribution in [1.82, 2.24) is 4.90 Å². The number of morpholine rings is 1. The van der Waals surface area contributed by atoms with Crippen molar-refractivity contribution in [3.63, 3.8) is 0 Å². The zero-order chi connectivity index (χ0) is 21.5. The van der Waals surface area contributed by atoms with Gasteiger partial charge in [0.25, 0.3) is 11.8 Å². The summed E-state index contributed by atoms with van der Waals surface area (Å²) in [6.45, 7) is 8.59. The SMILES string of the molecule is CC(C)(C)c1ccc(N2C(=O)C(c3ccc(Cl)cc3)=C(N3CCOCC3)C2=O)cc1. The van der Waals surface area contributed by atoms with Crippen LogP contribution in [0.5, 0.6) is 0 Å². The molecule has 0 atom stereocenters. The summed E-state index contributed by atoms with van der Waals surface area (Å²) < 4.78 is 5.44. The summed E-state index contributed by atoms with van der Waals surface area (Å²) in [6, 6.07) is 14.7. The van der Waals surface area contributed by atoms with Crippen LogP contribution >= 0.6 is 11.6 Å². The molecule has 4 rings (SSSR count). The van der Waals surface area contributed by atoms with Crippen molar-refractivity contribution in [3.05, 3.63) is 70.4 Å². The van der Waals surface area contributed by atoms with Crippen LogP contribution in [0.4, 0.5) is 5.69 Å². The molecule has 0 aromatic heterocycles. The lowest BCUT2D eigenvalue weighted by Gasteiger charge is -2.29. The monoisotopic (exact) mass is 424 g/mol. The quantitative estimate of drug-likeness (QED) is 0.691. The van der Waals surface area contributed by atoms with E-state index in [2.05, 4.69) is 20.8 Å². The highest BCUT2D eigenvalue weighted by Crippen LogP contribution is 2.36. The van der Waals surface area contributed by atoms with Crippen molar-refractivity contribution in [1.29, 1.82) is 0 Å². The number of benzene rings is 2. The molecule has 1 fully saturated rings. The lowest BCUT2D eigenvalue weighted by molar-refractivity contribution is -0.121. The molecule has 0 aliphatic carbocycles. The van der Waals surface area contributed by atoms with Gasteiger partial charge >= 0.3 is 0 Å². The normalized spacial score (nSPS) is 17.9. The highest BCUT2D eigenvalue weighted by Gasteiger charge is 2.42. The number of imide groups is 1. The average molecular weight is 425 g/mol. The van der Waals surface area contributed by atoms with Crippen molar-refractivity contribution < 1.29 is 14.3 Å². The number of nitrogens with zero attached hydrogens (tertiary/aromatic N) is 2. The first-order valence-electron chi connectivity index (χ1n) is 10.1. The van der Waals surface area contributed by atoms with Crippen molar-refractivity contribution in [2.24, 2.45) is 0 Å². The molecule has 2 aromatic carbocycles. The molecule has 156 valence electrons. The average Bonchev–Trinajstić information content (AvgIpc) is 2.99. The molecule has 0 bridgehead atoms. The third-order valence-corrected chi connectivity index (χ3v) is 5.76. The Hall–Kier alpha value is -2.63. The molecule has 0 N–H and O–H groups in total. The fraction of sp³-hybridized carbons (Fsp3) is 0.333. The van der Waals surface area contributed by atoms with E-state index in [-0.39, 0.29) is 17.2 Å². The summed E-state index contributed by atoms with van der Waals surface area (Å²) >= 11 is 6.04. The van der Waals surface area contributed by atoms with Gasteiger partial charge in [-0.1, -0.05) is 56.6 Å². The Morgan fingerprint density at radius 1 is 0.867 bits per heavy atom. The Labute approximate surface area is 181 Å². The van der Waals surface area contributed by atoms with Crippen LogP contribution in [0.2, 0.25) is 5.02 Å². The molecule has 0 saturated carbocycles. The molecule has 30 heavy (non-hydrogen) atoms. The molecule has 2 aliphatic heterocycles. The topological polar surface area (TPSA) is 49.9 Å². The first-order valence-corrected chi connectivity index (χ1v) is 10.5. The maximum atomic E-state index is 13.5. The van der Waals surface area contributed by atoms with Crippen molar-refractivity contribution >= 4 is 34.7 Å². The first kappa shape index (κ1) is 20.6. The number of amides is 2. The Kier molecular flexibility index (Phi) is 5.43. The van der Waals surface area contributed by atoms with Gasteiger partial charge in [-0.05, 0) is 40.8 Å². The van der Waals surface area contributed by atoms with Gasteiger partial charge in [0.15, 0.2) is 0 Å². The molecule has 6 heteroatoms. The minimum Gasteiger partial charge on any atom is -0.378 e. The molecular weight excluding hydrogens is 400 g/mol. The van der Waals surface area contributed by atoms with Crippen LogP contribution in [0.3, 0.4) is 0 Å². The molecule has 2 aromatic rings. The van der Waals surface area contributed by atoms with E-state index in [9.17, 15) is 9.59 Å². The van der Waals surface area contributed by atoms with Gasteiger partial charge in [-0.15, -0.1) is 0 Å². The minimum atomic E-state index is -0.313. The third-order valence-electron chi connectivity index (χ3n) is 5.51. The van der Waals surface area contributed by atoms with Crippen molar-refractivity contribution in [3.8, 4) is 0 Å². The molecule has 2 aliphatic rings. The van der Waals surface area contributed by atoms with Crippen molar-refractivity contribution in [2.75, 3.05) is 31.2 Å². The highest BCUT2D eigenvalue weighted by atomic mass is 35.5. The van der Waals surface area contributed by atoms with E-state index in [4.69, 9.17) is 16.3 Å². The number of hydrogen-bond donors (Lipinski definition) is 0. The van der Waals surface area contributed by atoms with Gasteiger partial charge in [0.1, 0.15) is 5.70 Å². The molecule has 5 nitrogen and oxygen atoms in total. The van der Waals surface area contributed by atoms with Gasteiger partial charge in [-0.3, -0.25) is 9.59 Å². The van der Waals surface area contributed by atoms with Crippen LogP contribution < -0.4 is 4.90 Å². The Morgan fingerprint density at radius 2 is 1.47 bits per heavy atom. The van der Waals surface area contributed by atoms with E-state index in [1.54, 1.807) is 24.3 Å². The van der Waals surface area contributed by atoms with Crippen LogP contribution in [0.15, 0.2) is 54.2 Å². The summed E-state index contributed by atoms with van der Waals surface area (Å²) in [6.07, 6.45) is 0. The molecule has 0 radical (unpaired) electrons. The second-order valence-electron chi connectivity index (χ2n) is 8.57. The Balaban J connectivity index is 1.77. The molecule has 0 spiro atoms. The fourth-order valence-electron chi connectivity index (χ4n) is 3.82. The van der Waals surface area contributed by atoms with Gasteiger partial charge in [0, 0.05) is 18.1 Å². The lowest BCUT2D eigenvalue weighted by atomic mass is 9.87. The maximum absolute atomic E-state index is 13.5. The summed E-state index contributed by atoms with van der Waals surface area (Å²) in [7, 11) is 0. The van der Waals surface area contributed by atoms with E-state index in [0.717, 1.165) is 5.56 Å². The van der Waals surface area contributed by atoms with Gasteiger partial charge in [-0.25, -0.2) is 4.90 Å². The number of carbonyl (C=O) groups excluding carboxylic acids is 2. The number of carbonyl (C=O) groups is 2. The van der Waals surface area contributed by atoms with Crippen LogP contribution in [-0.2, 0) is 19.7 Å². The molecule has 1 saturated heterocycles. The molecule has 2 heterocycles. The number of anilines is 1. The Bertz CT molecular complexity index is 998. The number of hydrogen-bond acceptors (Lipinski definition) is 4. The fourth-order valence-corrected chi connectivity index (χ4v) is 3.95. The van der Waals surface area contributed by atoms with Crippen LogP contribution in [-0.4, -0.2) is 43.0 Å². The van der Waals surface area contributed by atoms with Gasteiger partial charge in [0.2, 0.25) is 0 Å². The smallest absolute Gasteiger partial charge is 0.282 e. The van der Waals surface area contributed by atoms with Gasteiger partial charge in [0.05, 0.1) is 24.5 Å². The zero-order valence-corrected chi connectivity index (χ0v) is 18.2. The largest absolute Gasteiger partial charge is 0.378 e. The summed E-state index contributed by atoms with van der Waals surface area (Å²) in [5.41, 5.74) is 3.25. The highest BCUT2D eigenvalue weighted by molar-refractivity contribution is 6.45. The van der Waals surface area contributed by atoms with Crippen LogP contribution in [0.25, 0.3) is 5.57 Å².